The minimum absolute atomic E-state index is 0.0607. The van der Waals surface area contributed by atoms with Crippen LogP contribution in [0.2, 0.25) is 0 Å². The molecule has 0 bridgehead atoms. The molecule has 146 valence electrons. The van der Waals surface area contributed by atoms with Crippen LogP contribution in [0.1, 0.15) is 23.3 Å². The fourth-order valence-corrected chi connectivity index (χ4v) is 3.40. The van der Waals surface area contributed by atoms with E-state index in [1.54, 1.807) is 5.51 Å². The molecule has 1 fully saturated rings. The first kappa shape index (κ1) is 20.9. The van der Waals surface area contributed by atoms with E-state index in [0.29, 0.717) is 5.69 Å². The molecule has 2 heterocycles. The van der Waals surface area contributed by atoms with Gasteiger partial charge in [0.15, 0.2) is 0 Å². The van der Waals surface area contributed by atoms with Crippen LogP contribution in [0.25, 0.3) is 0 Å². The molecule has 0 saturated carbocycles. The fraction of sp³-hybridized carbons (Fsp3) is 0.421. The van der Waals surface area contributed by atoms with Crippen LogP contribution < -0.4 is 4.74 Å². The first-order valence-corrected chi connectivity index (χ1v) is 9.84. The predicted molar refractivity (Wildman–Crippen MR) is 104 cm³/mol. The van der Waals surface area contributed by atoms with Crippen LogP contribution in [0.15, 0.2) is 41.2 Å². The van der Waals surface area contributed by atoms with Crippen LogP contribution in [0.5, 0.6) is 5.75 Å². The number of nitrogens with zero attached hydrogens (tertiary/aromatic N) is 3. The number of carbonyl (C=O) groups is 2. The maximum absolute atomic E-state index is 12.4. The Morgan fingerprint density at radius 1 is 1.22 bits per heavy atom. The van der Waals surface area contributed by atoms with Gasteiger partial charge >= 0.3 is 0 Å². The van der Waals surface area contributed by atoms with Gasteiger partial charge in [-0.2, -0.15) is 0 Å². The van der Waals surface area contributed by atoms with Crippen LogP contribution in [-0.2, 0) is 4.79 Å². The normalized spacial score (nSPS) is 14.6. The number of para-hydroxylation sites is 1. The number of carboxylic acid groups (broad SMARTS) is 1. The standard InChI is InChI=1S/C18H23N3O2S.CH2O2/c22-18(17-14-24-15-19-17)21-10-4-8-20(11-12-21)9-5-13-23-16-6-2-1-3-7-16;2-1-3/h1-3,6-7,14-15H,4-5,8-13H2;1H,(H,2,3). The second-order valence-corrected chi connectivity index (χ2v) is 6.70. The molecule has 3 rings (SSSR count). The highest BCUT2D eigenvalue weighted by atomic mass is 32.1. The van der Waals surface area contributed by atoms with Crippen molar-refractivity contribution in [2.45, 2.75) is 12.8 Å². The van der Waals surface area contributed by atoms with Crippen LogP contribution in [0.4, 0.5) is 0 Å². The summed E-state index contributed by atoms with van der Waals surface area (Å²) in [6, 6.07) is 9.92. The molecular weight excluding hydrogens is 366 g/mol. The Balaban J connectivity index is 0.000000817. The van der Waals surface area contributed by atoms with Crippen molar-refractivity contribution in [3.63, 3.8) is 0 Å². The summed E-state index contributed by atoms with van der Waals surface area (Å²) in [5, 5.41) is 8.71. The summed E-state index contributed by atoms with van der Waals surface area (Å²) in [6.07, 6.45) is 2.00. The highest BCUT2D eigenvalue weighted by molar-refractivity contribution is 7.07. The average molecular weight is 391 g/mol. The monoisotopic (exact) mass is 391 g/mol. The molecule has 0 radical (unpaired) electrons. The molecule has 0 spiro atoms. The topological polar surface area (TPSA) is 83.0 Å². The van der Waals surface area contributed by atoms with Gasteiger partial charge in [-0.05, 0) is 31.5 Å². The number of carbonyl (C=O) groups excluding carboxylic acids is 1. The third-order valence-corrected chi connectivity index (χ3v) is 4.74. The Morgan fingerprint density at radius 2 is 2.00 bits per heavy atom. The largest absolute Gasteiger partial charge is 0.494 e. The molecule has 2 aromatic rings. The lowest BCUT2D eigenvalue weighted by Crippen LogP contribution is -2.35. The van der Waals surface area contributed by atoms with E-state index in [1.165, 1.54) is 11.3 Å². The zero-order valence-corrected chi connectivity index (χ0v) is 16.0. The van der Waals surface area contributed by atoms with E-state index in [9.17, 15) is 4.79 Å². The molecule has 8 heteroatoms. The van der Waals surface area contributed by atoms with Crippen LogP contribution in [-0.4, -0.2) is 71.6 Å². The van der Waals surface area contributed by atoms with Gasteiger partial charge in [0.05, 0.1) is 12.1 Å². The molecule has 0 atom stereocenters. The number of amides is 1. The SMILES string of the molecule is O=C(c1cscn1)N1CCCN(CCCOc2ccccc2)CC1.O=CO. The number of hydrogen-bond donors (Lipinski definition) is 1. The van der Waals surface area contributed by atoms with Crippen molar-refractivity contribution in [1.29, 1.82) is 0 Å². The maximum Gasteiger partial charge on any atom is 0.290 e. The van der Waals surface area contributed by atoms with Gasteiger partial charge < -0.3 is 19.6 Å². The van der Waals surface area contributed by atoms with E-state index in [-0.39, 0.29) is 12.4 Å². The zero-order valence-electron chi connectivity index (χ0n) is 15.2. The summed E-state index contributed by atoms with van der Waals surface area (Å²) in [4.78, 5) is 29.2. The van der Waals surface area contributed by atoms with Crippen LogP contribution in [0.3, 0.4) is 0 Å². The van der Waals surface area contributed by atoms with Crippen molar-refractivity contribution in [3.05, 3.63) is 46.9 Å². The maximum atomic E-state index is 12.4. The van der Waals surface area contributed by atoms with Gasteiger partial charge in [0.25, 0.3) is 12.4 Å². The number of hydrogen-bond acceptors (Lipinski definition) is 6. The molecule has 1 saturated heterocycles. The molecule has 0 unspecified atom stereocenters. The van der Waals surface area contributed by atoms with Gasteiger partial charge in [-0.15, -0.1) is 11.3 Å². The lowest BCUT2D eigenvalue weighted by atomic mass is 10.3. The summed E-state index contributed by atoms with van der Waals surface area (Å²) in [6.45, 7) is 5.02. The third kappa shape index (κ3) is 7.36. The summed E-state index contributed by atoms with van der Waals surface area (Å²) in [7, 11) is 0. The number of aromatic nitrogens is 1. The molecule has 0 aliphatic carbocycles. The minimum Gasteiger partial charge on any atom is -0.494 e. The summed E-state index contributed by atoms with van der Waals surface area (Å²) in [5.41, 5.74) is 2.29. The van der Waals surface area contributed by atoms with Gasteiger partial charge in [0, 0.05) is 31.6 Å². The van der Waals surface area contributed by atoms with Gasteiger partial charge in [0.1, 0.15) is 11.4 Å². The van der Waals surface area contributed by atoms with Crippen molar-refractivity contribution >= 4 is 23.7 Å². The van der Waals surface area contributed by atoms with E-state index in [2.05, 4.69) is 9.88 Å². The Morgan fingerprint density at radius 3 is 2.70 bits per heavy atom. The van der Waals surface area contributed by atoms with Crippen LogP contribution >= 0.6 is 11.3 Å². The van der Waals surface area contributed by atoms with E-state index in [1.807, 2.05) is 40.6 Å². The van der Waals surface area contributed by atoms with E-state index < -0.39 is 0 Å². The summed E-state index contributed by atoms with van der Waals surface area (Å²) in [5.74, 6) is 0.985. The Hall–Kier alpha value is -2.45. The molecule has 1 aliphatic heterocycles. The van der Waals surface area contributed by atoms with Crippen molar-refractivity contribution in [1.82, 2.24) is 14.8 Å². The highest BCUT2D eigenvalue weighted by Gasteiger charge is 2.21. The first-order valence-electron chi connectivity index (χ1n) is 8.90. The van der Waals surface area contributed by atoms with Crippen LogP contribution in [0, 0.1) is 0 Å². The third-order valence-electron chi connectivity index (χ3n) is 4.16. The van der Waals surface area contributed by atoms with Crippen molar-refractivity contribution in [3.8, 4) is 5.75 Å². The van der Waals surface area contributed by atoms with E-state index in [4.69, 9.17) is 14.6 Å². The molecule has 1 amide bonds. The highest BCUT2D eigenvalue weighted by Crippen LogP contribution is 2.11. The lowest BCUT2D eigenvalue weighted by molar-refractivity contribution is -0.122. The first-order chi connectivity index (χ1) is 13.2. The van der Waals surface area contributed by atoms with E-state index >= 15 is 0 Å². The Kier molecular flexibility index (Phi) is 9.29. The summed E-state index contributed by atoms with van der Waals surface area (Å²) >= 11 is 1.47. The summed E-state index contributed by atoms with van der Waals surface area (Å²) < 4.78 is 5.74. The zero-order chi connectivity index (χ0) is 19.3. The molecule has 1 aromatic carbocycles. The number of benzene rings is 1. The smallest absolute Gasteiger partial charge is 0.290 e. The molecule has 27 heavy (non-hydrogen) atoms. The second-order valence-electron chi connectivity index (χ2n) is 5.98. The number of thiazole rings is 1. The molecular formula is C19H25N3O4S. The Bertz CT molecular complexity index is 667. The lowest BCUT2D eigenvalue weighted by Gasteiger charge is -2.21. The van der Waals surface area contributed by atoms with Crippen molar-refractivity contribution < 1.29 is 19.4 Å². The van der Waals surface area contributed by atoms with E-state index in [0.717, 1.165) is 57.9 Å². The van der Waals surface area contributed by atoms with Gasteiger partial charge in [-0.1, -0.05) is 18.2 Å². The average Bonchev–Trinajstić information content (AvgIpc) is 3.13. The molecule has 1 N–H and O–H groups in total. The van der Waals surface area contributed by atoms with Gasteiger partial charge in [-0.3, -0.25) is 9.59 Å². The quantitative estimate of drug-likeness (QED) is 0.602. The second kappa shape index (κ2) is 12.0. The molecule has 1 aliphatic rings. The van der Waals surface area contributed by atoms with Gasteiger partial charge in [-0.25, -0.2) is 4.98 Å². The number of rotatable bonds is 6. The minimum atomic E-state index is -0.250. The Labute approximate surface area is 163 Å². The van der Waals surface area contributed by atoms with Crippen molar-refractivity contribution in [2.24, 2.45) is 0 Å². The molecule has 7 nitrogen and oxygen atoms in total. The fourth-order valence-electron chi connectivity index (χ4n) is 2.87. The molecule has 1 aromatic heterocycles. The van der Waals surface area contributed by atoms with Gasteiger partial charge in [0.2, 0.25) is 0 Å². The van der Waals surface area contributed by atoms with Crippen molar-refractivity contribution in [2.75, 3.05) is 39.3 Å². The number of ether oxygens (including phenoxy) is 1. The predicted octanol–water partition coefficient (Wildman–Crippen LogP) is 2.46.